The quantitative estimate of drug-likeness (QED) is 0.613. The lowest BCUT2D eigenvalue weighted by Crippen LogP contribution is -2.27. The fraction of sp³-hybridized carbons (Fsp3) is 0.375. The van der Waals surface area contributed by atoms with Gasteiger partial charge in [-0.15, -0.1) is 12.4 Å². The van der Waals surface area contributed by atoms with Gasteiger partial charge < -0.3 is 10.6 Å². The molecule has 1 aromatic heterocycles. The first-order valence-electron chi connectivity index (χ1n) is 10.3. The summed E-state index contributed by atoms with van der Waals surface area (Å²) in [6, 6.07) is 17.7. The highest BCUT2D eigenvalue weighted by Crippen LogP contribution is 2.38. The Kier molecular flexibility index (Phi) is 5.56. The van der Waals surface area contributed by atoms with Crippen LogP contribution in [0.25, 0.3) is 22.0 Å². The van der Waals surface area contributed by atoms with Crippen molar-refractivity contribution in [2.24, 2.45) is 5.73 Å². The van der Waals surface area contributed by atoms with Crippen LogP contribution in [-0.4, -0.2) is 24.1 Å². The molecule has 3 aromatic rings. The molecule has 2 aromatic carbocycles. The van der Waals surface area contributed by atoms with Crippen LogP contribution in [-0.2, 0) is 12.8 Å². The predicted molar refractivity (Wildman–Crippen MR) is 120 cm³/mol. The van der Waals surface area contributed by atoms with Gasteiger partial charge in [-0.1, -0.05) is 42.8 Å². The third-order valence-electron chi connectivity index (χ3n) is 6.13. The fourth-order valence-electron chi connectivity index (χ4n) is 4.74. The van der Waals surface area contributed by atoms with Crippen molar-refractivity contribution in [1.82, 2.24) is 4.98 Å². The molecular weight excluding hydrogens is 366 g/mol. The van der Waals surface area contributed by atoms with Crippen LogP contribution >= 0.6 is 12.4 Å². The molecule has 1 atom stereocenters. The van der Waals surface area contributed by atoms with Crippen LogP contribution < -0.4 is 10.6 Å². The van der Waals surface area contributed by atoms with Gasteiger partial charge in [0.2, 0.25) is 0 Å². The third kappa shape index (κ3) is 3.49. The second kappa shape index (κ2) is 8.10. The summed E-state index contributed by atoms with van der Waals surface area (Å²) in [5.74, 6) is 0. The van der Waals surface area contributed by atoms with Gasteiger partial charge in [0.05, 0.1) is 11.2 Å². The normalized spacial score (nSPS) is 19.2. The van der Waals surface area contributed by atoms with E-state index in [2.05, 4.69) is 53.4 Å². The molecule has 0 radical (unpaired) electrons. The zero-order valence-electron chi connectivity index (χ0n) is 16.2. The topological polar surface area (TPSA) is 42.1 Å². The summed E-state index contributed by atoms with van der Waals surface area (Å²) in [5.41, 5.74) is 14.2. The Balaban J connectivity index is 0.00000192. The minimum Gasteiger partial charge on any atom is -0.369 e. The Morgan fingerprint density at radius 1 is 0.929 bits per heavy atom. The van der Waals surface area contributed by atoms with E-state index in [4.69, 9.17) is 10.7 Å². The van der Waals surface area contributed by atoms with E-state index in [1.165, 1.54) is 52.7 Å². The van der Waals surface area contributed by atoms with E-state index in [0.717, 1.165) is 37.9 Å². The van der Waals surface area contributed by atoms with E-state index in [0.29, 0.717) is 0 Å². The molecule has 0 bridgehead atoms. The van der Waals surface area contributed by atoms with E-state index in [1.54, 1.807) is 0 Å². The average molecular weight is 394 g/mol. The van der Waals surface area contributed by atoms with Gasteiger partial charge in [0, 0.05) is 30.2 Å². The Hall–Kier alpha value is -2.10. The second-order valence-corrected chi connectivity index (χ2v) is 8.04. The SMILES string of the molecule is Cl.NC1CCN(c2c3c(nc4ccc(-c5ccccc5)cc24)CCCCC3)C1. The van der Waals surface area contributed by atoms with Gasteiger partial charge in [0.15, 0.2) is 0 Å². The standard InChI is InChI=1S/C24H27N3.ClH/c25-19-13-14-27(16-19)24-20-9-5-2-6-10-22(20)26-23-12-11-18(15-21(23)24)17-7-3-1-4-8-17;/h1,3-4,7-8,11-12,15,19H,2,5-6,9-10,13-14,16,25H2;1H. The number of aromatic nitrogens is 1. The highest BCUT2D eigenvalue weighted by molar-refractivity contribution is 5.97. The molecule has 3 nitrogen and oxygen atoms in total. The summed E-state index contributed by atoms with van der Waals surface area (Å²) in [7, 11) is 0. The first-order valence-corrected chi connectivity index (χ1v) is 10.3. The van der Waals surface area contributed by atoms with Crippen molar-refractivity contribution in [3.05, 3.63) is 59.8 Å². The Labute approximate surface area is 173 Å². The summed E-state index contributed by atoms with van der Waals surface area (Å²) < 4.78 is 0. The Morgan fingerprint density at radius 3 is 2.54 bits per heavy atom. The molecule has 2 heterocycles. The molecule has 0 amide bonds. The maximum absolute atomic E-state index is 6.28. The lowest BCUT2D eigenvalue weighted by atomic mass is 9.97. The largest absolute Gasteiger partial charge is 0.369 e. The molecule has 1 saturated heterocycles. The molecule has 1 unspecified atom stereocenters. The minimum atomic E-state index is 0. The van der Waals surface area contributed by atoms with Crippen LogP contribution in [0, 0.1) is 0 Å². The average Bonchev–Trinajstić information content (AvgIpc) is 2.99. The number of hydrogen-bond acceptors (Lipinski definition) is 3. The van der Waals surface area contributed by atoms with Crippen molar-refractivity contribution in [3.8, 4) is 11.1 Å². The number of anilines is 1. The van der Waals surface area contributed by atoms with Crippen molar-refractivity contribution in [2.75, 3.05) is 18.0 Å². The van der Waals surface area contributed by atoms with Gasteiger partial charge in [0.25, 0.3) is 0 Å². The van der Waals surface area contributed by atoms with Crippen LogP contribution in [0.15, 0.2) is 48.5 Å². The lowest BCUT2D eigenvalue weighted by Gasteiger charge is -2.25. The van der Waals surface area contributed by atoms with Crippen LogP contribution in [0.2, 0.25) is 0 Å². The Morgan fingerprint density at radius 2 is 1.75 bits per heavy atom. The number of nitrogens with two attached hydrogens (primary N) is 1. The summed E-state index contributed by atoms with van der Waals surface area (Å²) in [6.45, 7) is 2.02. The number of halogens is 1. The van der Waals surface area contributed by atoms with Gasteiger partial charge >= 0.3 is 0 Å². The molecular formula is C24H28ClN3. The highest BCUT2D eigenvalue weighted by atomic mass is 35.5. The molecule has 146 valence electrons. The van der Waals surface area contributed by atoms with Gasteiger partial charge in [-0.2, -0.15) is 0 Å². The van der Waals surface area contributed by atoms with Crippen LogP contribution in [0.1, 0.15) is 36.9 Å². The molecule has 0 saturated carbocycles. The number of pyridine rings is 1. The summed E-state index contributed by atoms with van der Waals surface area (Å²) in [6.07, 6.45) is 7.17. The zero-order valence-corrected chi connectivity index (χ0v) is 17.0. The van der Waals surface area contributed by atoms with Crippen LogP contribution in [0.4, 0.5) is 5.69 Å². The number of aryl methyl sites for hydroxylation is 1. The van der Waals surface area contributed by atoms with Crippen molar-refractivity contribution in [2.45, 2.75) is 44.6 Å². The molecule has 5 rings (SSSR count). The molecule has 1 fully saturated rings. The zero-order chi connectivity index (χ0) is 18.2. The molecule has 2 aliphatic rings. The first kappa shape index (κ1) is 19.2. The van der Waals surface area contributed by atoms with Crippen LogP contribution in [0.3, 0.4) is 0 Å². The second-order valence-electron chi connectivity index (χ2n) is 8.04. The monoisotopic (exact) mass is 393 g/mol. The van der Waals surface area contributed by atoms with Crippen molar-refractivity contribution in [3.63, 3.8) is 0 Å². The summed E-state index contributed by atoms with van der Waals surface area (Å²) in [5, 5.41) is 1.30. The number of fused-ring (bicyclic) bond motifs is 2. The molecule has 1 aliphatic carbocycles. The molecule has 28 heavy (non-hydrogen) atoms. The lowest BCUT2D eigenvalue weighted by molar-refractivity contribution is 0.708. The van der Waals surface area contributed by atoms with Crippen molar-refractivity contribution >= 4 is 29.0 Å². The molecule has 0 spiro atoms. The van der Waals surface area contributed by atoms with Crippen molar-refractivity contribution in [1.29, 1.82) is 0 Å². The van der Waals surface area contributed by atoms with E-state index < -0.39 is 0 Å². The number of benzene rings is 2. The predicted octanol–water partition coefficient (Wildman–Crippen LogP) is 5.13. The van der Waals surface area contributed by atoms with Gasteiger partial charge in [0.1, 0.15) is 0 Å². The van der Waals surface area contributed by atoms with Gasteiger partial charge in [-0.25, -0.2) is 0 Å². The number of nitrogens with zero attached hydrogens (tertiary/aromatic N) is 2. The Bertz CT molecular complexity index is 970. The number of hydrogen-bond donors (Lipinski definition) is 1. The van der Waals surface area contributed by atoms with E-state index in [1.807, 2.05) is 0 Å². The highest BCUT2D eigenvalue weighted by Gasteiger charge is 2.26. The number of rotatable bonds is 2. The maximum Gasteiger partial charge on any atom is 0.0726 e. The van der Waals surface area contributed by atoms with E-state index >= 15 is 0 Å². The molecule has 4 heteroatoms. The summed E-state index contributed by atoms with van der Waals surface area (Å²) in [4.78, 5) is 7.64. The van der Waals surface area contributed by atoms with Gasteiger partial charge in [-0.05, 0) is 60.9 Å². The first-order chi connectivity index (χ1) is 13.3. The van der Waals surface area contributed by atoms with Gasteiger partial charge in [-0.3, -0.25) is 4.98 Å². The molecule has 2 N–H and O–H groups in total. The van der Waals surface area contributed by atoms with E-state index in [9.17, 15) is 0 Å². The maximum atomic E-state index is 6.28. The van der Waals surface area contributed by atoms with E-state index in [-0.39, 0.29) is 18.4 Å². The molecule has 1 aliphatic heterocycles. The fourth-order valence-corrected chi connectivity index (χ4v) is 4.74. The third-order valence-corrected chi connectivity index (χ3v) is 6.13. The smallest absolute Gasteiger partial charge is 0.0726 e. The summed E-state index contributed by atoms with van der Waals surface area (Å²) >= 11 is 0. The van der Waals surface area contributed by atoms with Crippen molar-refractivity contribution < 1.29 is 0 Å². The minimum absolute atomic E-state index is 0. The van der Waals surface area contributed by atoms with Crippen LogP contribution in [0.5, 0.6) is 0 Å².